The highest BCUT2D eigenvalue weighted by molar-refractivity contribution is 5.82. The molecule has 0 saturated carbocycles. The van der Waals surface area contributed by atoms with Crippen molar-refractivity contribution in [2.75, 3.05) is 26.4 Å². The predicted octanol–water partition coefficient (Wildman–Crippen LogP) is -1.53. The van der Waals surface area contributed by atoms with Crippen molar-refractivity contribution in [3.63, 3.8) is 0 Å². The van der Waals surface area contributed by atoms with Crippen LogP contribution in [0.4, 0.5) is 0 Å². The van der Waals surface area contributed by atoms with Crippen LogP contribution >= 0.6 is 0 Å². The number of amides is 1. The Morgan fingerprint density at radius 1 is 1.85 bits per heavy atom. The van der Waals surface area contributed by atoms with E-state index in [1.807, 2.05) is 0 Å². The van der Waals surface area contributed by atoms with Crippen molar-refractivity contribution in [3.05, 3.63) is 0 Å². The van der Waals surface area contributed by atoms with Crippen molar-refractivity contribution in [3.8, 4) is 0 Å². The van der Waals surface area contributed by atoms with Crippen LogP contribution in [0.2, 0.25) is 0 Å². The van der Waals surface area contributed by atoms with E-state index in [-0.39, 0.29) is 24.6 Å². The van der Waals surface area contributed by atoms with Gasteiger partial charge >= 0.3 is 0 Å². The van der Waals surface area contributed by atoms with Crippen LogP contribution in [-0.2, 0) is 9.53 Å². The van der Waals surface area contributed by atoms with E-state index >= 15 is 0 Å². The lowest BCUT2D eigenvalue weighted by Crippen LogP contribution is -2.53. The summed E-state index contributed by atoms with van der Waals surface area (Å²) in [5.41, 5.74) is 0. The van der Waals surface area contributed by atoms with Gasteiger partial charge in [0.15, 0.2) is 0 Å². The molecule has 13 heavy (non-hydrogen) atoms. The molecule has 2 atom stereocenters. The molecule has 76 valence electrons. The summed E-state index contributed by atoms with van der Waals surface area (Å²) in [7, 11) is 0. The van der Waals surface area contributed by atoms with E-state index in [9.17, 15) is 4.79 Å². The topological polar surface area (TPSA) is 70.6 Å². The monoisotopic (exact) mass is 188 g/mol. The minimum atomic E-state index is -0.275. The van der Waals surface area contributed by atoms with E-state index in [4.69, 9.17) is 9.84 Å². The van der Waals surface area contributed by atoms with Crippen LogP contribution in [0.1, 0.15) is 6.92 Å². The number of aliphatic hydroxyl groups excluding tert-OH is 1. The molecule has 1 heterocycles. The molecule has 1 saturated heterocycles. The summed E-state index contributed by atoms with van der Waals surface area (Å²) < 4.78 is 5.13. The van der Waals surface area contributed by atoms with E-state index in [2.05, 4.69) is 10.6 Å². The molecular formula is C8H16N2O3. The number of ether oxygens (including phenoxy) is 1. The first-order valence-corrected chi connectivity index (χ1v) is 4.46. The predicted molar refractivity (Wildman–Crippen MR) is 47.3 cm³/mol. The SMILES string of the molecule is CC(CO)NC(=O)C1COCCN1. The van der Waals surface area contributed by atoms with Crippen molar-refractivity contribution < 1.29 is 14.6 Å². The fourth-order valence-electron chi connectivity index (χ4n) is 1.12. The normalized spacial score (nSPS) is 25.2. The maximum atomic E-state index is 11.4. The third-order valence-electron chi connectivity index (χ3n) is 1.90. The zero-order valence-corrected chi connectivity index (χ0v) is 7.75. The van der Waals surface area contributed by atoms with Gasteiger partial charge < -0.3 is 20.5 Å². The van der Waals surface area contributed by atoms with E-state index in [1.165, 1.54) is 0 Å². The molecule has 3 N–H and O–H groups in total. The standard InChI is InChI=1S/C8H16N2O3/c1-6(4-11)10-8(12)7-5-13-3-2-9-7/h6-7,9,11H,2-5H2,1H3,(H,10,12). The average Bonchev–Trinajstić information content (AvgIpc) is 2.19. The maximum Gasteiger partial charge on any atom is 0.239 e. The third-order valence-corrected chi connectivity index (χ3v) is 1.90. The number of nitrogens with one attached hydrogen (secondary N) is 2. The highest BCUT2D eigenvalue weighted by Gasteiger charge is 2.21. The lowest BCUT2D eigenvalue weighted by atomic mass is 10.2. The smallest absolute Gasteiger partial charge is 0.239 e. The van der Waals surface area contributed by atoms with Gasteiger partial charge in [-0.25, -0.2) is 0 Å². The van der Waals surface area contributed by atoms with Crippen molar-refractivity contribution >= 4 is 5.91 Å². The molecule has 0 bridgehead atoms. The van der Waals surface area contributed by atoms with Gasteiger partial charge in [-0.2, -0.15) is 0 Å². The molecule has 1 aliphatic rings. The minimum Gasteiger partial charge on any atom is -0.394 e. The van der Waals surface area contributed by atoms with Crippen LogP contribution in [0.5, 0.6) is 0 Å². The summed E-state index contributed by atoms with van der Waals surface area (Å²) in [4.78, 5) is 11.4. The zero-order chi connectivity index (χ0) is 9.68. The summed E-state index contributed by atoms with van der Waals surface area (Å²) in [6, 6.07) is -0.473. The molecular weight excluding hydrogens is 172 g/mol. The Morgan fingerprint density at radius 2 is 2.62 bits per heavy atom. The Balaban J connectivity index is 2.29. The summed E-state index contributed by atoms with van der Waals surface area (Å²) in [6.45, 7) is 3.47. The molecule has 0 aromatic carbocycles. The summed E-state index contributed by atoms with van der Waals surface area (Å²) in [5.74, 6) is -0.110. The number of hydrogen-bond donors (Lipinski definition) is 3. The molecule has 0 spiro atoms. The van der Waals surface area contributed by atoms with Crippen molar-refractivity contribution in [1.29, 1.82) is 0 Å². The highest BCUT2D eigenvalue weighted by atomic mass is 16.5. The molecule has 1 fully saturated rings. The molecule has 0 radical (unpaired) electrons. The maximum absolute atomic E-state index is 11.4. The highest BCUT2D eigenvalue weighted by Crippen LogP contribution is 1.93. The summed E-state index contributed by atoms with van der Waals surface area (Å²) in [6.07, 6.45) is 0. The Kier molecular flexibility index (Phi) is 4.14. The number of carbonyl (C=O) groups is 1. The van der Waals surface area contributed by atoms with Crippen molar-refractivity contribution in [1.82, 2.24) is 10.6 Å². The molecule has 5 nitrogen and oxygen atoms in total. The van der Waals surface area contributed by atoms with Gasteiger partial charge in [-0.15, -0.1) is 0 Å². The van der Waals surface area contributed by atoms with Gasteiger partial charge in [0.25, 0.3) is 0 Å². The molecule has 1 amide bonds. The second-order valence-corrected chi connectivity index (χ2v) is 3.17. The van der Waals surface area contributed by atoms with E-state index in [1.54, 1.807) is 6.92 Å². The molecule has 1 rings (SSSR count). The Hall–Kier alpha value is -0.650. The summed E-state index contributed by atoms with van der Waals surface area (Å²) in [5, 5.41) is 14.4. The largest absolute Gasteiger partial charge is 0.394 e. The average molecular weight is 188 g/mol. The lowest BCUT2D eigenvalue weighted by molar-refractivity contribution is -0.126. The van der Waals surface area contributed by atoms with E-state index in [0.717, 1.165) is 0 Å². The molecule has 1 aliphatic heterocycles. The Bertz CT molecular complexity index is 169. The number of morpholine rings is 1. The van der Waals surface area contributed by atoms with E-state index < -0.39 is 0 Å². The van der Waals surface area contributed by atoms with Crippen LogP contribution in [0.15, 0.2) is 0 Å². The molecule has 0 aliphatic carbocycles. The van der Waals surface area contributed by atoms with Gasteiger partial charge in [0.2, 0.25) is 5.91 Å². The fourth-order valence-corrected chi connectivity index (χ4v) is 1.12. The first-order valence-electron chi connectivity index (χ1n) is 4.46. The first kappa shape index (κ1) is 10.4. The second kappa shape index (κ2) is 5.16. The van der Waals surface area contributed by atoms with Crippen LogP contribution < -0.4 is 10.6 Å². The third kappa shape index (κ3) is 3.30. The Morgan fingerprint density at radius 3 is 3.15 bits per heavy atom. The van der Waals surface area contributed by atoms with Crippen LogP contribution in [0.3, 0.4) is 0 Å². The Labute approximate surface area is 77.5 Å². The lowest BCUT2D eigenvalue weighted by Gasteiger charge is -2.24. The zero-order valence-electron chi connectivity index (χ0n) is 7.75. The van der Waals surface area contributed by atoms with Gasteiger partial charge in [-0.1, -0.05) is 0 Å². The van der Waals surface area contributed by atoms with Gasteiger partial charge in [-0.05, 0) is 6.92 Å². The van der Waals surface area contributed by atoms with Gasteiger partial charge in [0.05, 0.1) is 19.8 Å². The quantitative estimate of drug-likeness (QED) is 0.502. The number of hydrogen-bond acceptors (Lipinski definition) is 4. The van der Waals surface area contributed by atoms with Crippen LogP contribution in [0, 0.1) is 0 Å². The van der Waals surface area contributed by atoms with E-state index in [0.29, 0.717) is 19.8 Å². The molecule has 5 heteroatoms. The number of rotatable bonds is 3. The van der Waals surface area contributed by atoms with Gasteiger partial charge in [0.1, 0.15) is 6.04 Å². The molecule has 2 unspecified atom stereocenters. The van der Waals surface area contributed by atoms with Crippen LogP contribution in [0.25, 0.3) is 0 Å². The minimum absolute atomic E-state index is 0.0423. The molecule has 0 aromatic heterocycles. The fraction of sp³-hybridized carbons (Fsp3) is 0.875. The second-order valence-electron chi connectivity index (χ2n) is 3.17. The first-order chi connectivity index (χ1) is 6.24. The van der Waals surface area contributed by atoms with Crippen LogP contribution in [-0.4, -0.2) is 49.5 Å². The summed E-state index contributed by atoms with van der Waals surface area (Å²) >= 11 is 0. The molecule has 0 aromatic rings. The van der Waals surface area contributed by atoms with Gasteiger partial charge in [-0.3, -0.25) is 4.79 Å². The van der Waals surface area contributed by atoms with Gasteiger partial charge in [0, 0.05) is 12.6 Å². The van der Waals surface area contributed by atoms with Crippen molar-refractivity contribution in [2.24, 2.45) is 0 Å². The number of carbonyl (C=O) groups excluding carboxylic acids is 1. The number of aliphatic hydroxyl groups is 1. The van der Waals surface area contributed by atoms with Crippen molar-refractivity contribution in [2.45, 2.75) is 19.0 Å².